The van der Waals surface area contributed by atoms with Crippen molar-refractivity contribution in [3.63, 3.8) is 0 Å². The Morgan fingerprint density at radius 3 is 2.64 bits per heavy atom. The summed E-state index contributed by atoms with van der Waals surface area (Å²) < 4.78 is 10.7. The number of benzene rings is 2. The topological polar surface area (TPSA) is 47.6 Å². The van der Waals surface area contributed by atoms with Crippen molar-refractivity contribution in [2.75, 3.05) is 26.0 Å². The van der Waals surface area contributed by atoms with E-state index in [0.29, 0.717) is 18.9 Å². The summed E-state index contributed by atoms with van der Waals surface area (Å²) in [6.45, 7) is 0.903. The normalized spacial score (nSPS) is 10.0. The SMILES string of the molecule is COc1cccc(OCCNC(=O)CSc2ccccc2)c1. The molecule has 2 aromatic carbocycles. The van der Waals surface area contributed by atoms with Crippen LogP contribution < -0.4 is 14.8 Å². The van der Waals surface area contributed by atoms with Crippen LogP contribution in [0.25, 0.3) is 0 Å². The van der Waals surface area contributed by atoms with Gasteiger partial charge in [-0.25, -0.2) is 0 Å². The second kappa shape index (κ2) is 9.00. The number of hydrogen-bond acceptors (Lipinski definition) is 4. The Bertz CT molecular complexity index is 589. The maximum atomic E-state index is 11.7. The molecule has 0 aliphatic carbocycles. The van der Waals surface area contributed by atoms with Gasteiger partial charge in [0.1, 0.15) is 18.1 Å². The zero-order valence-electron chi connectivity index (χ0n) is 12.5. The number of carbonyl (C=O) groups excluding carboxylic acids is 1. The molecule has 0 fully saturated rings. The third kappa shape index (κ3) is 5.69. The Morgan fingerprint density at radius 1 is 1.09 bits per heavy atom. The molecule has 0 radical (unpaired) electrons. The molecule has 2 aromatic rings. The van der Waals surface area contributed by atoms with Crippen LogP contribution in [0.2, 0.25) is 0 Å². The molecule has 1 amide bonds. The Balaban J connectivity index is 1.62. The van der Waals surface area contributed by atoms with E-state index in [0.717, 1.165) is 16.4 Å². The van der Waals surface area contributed by atoms with Crippen molar-refractivity contribution in [2.45, 2.75) is 4.90 Å². The highest BCUT2D eigenvalue weighted by atomic mass is 32.2. The third-order valence-electron chi connectivity index (χ3n) is 2.85. The van der Waals surface area contributed by atoms with Gasteiger partial charge >= 0.3 is 0 Å². The first-order chi connectivity index (χ1) is 10.8. The van der Waals surface area contributed by atoms with Gasteiger partial charge in [0, 0.05) is 11.0 Å². The predicted molar refractivity (Wildman–Crippen MR) is 88.7 cm³/mol. The first-order valence-electron chi connectivity index (χ1n) is 6.99. The molecule has 2 rings (SSSR count). The van der Waals surface area contributed by atoms with Crippen molar-refractivity contribution in [1.82, 2.24) is 5.32 Å². The lowest BCUT2D eigenvalue weighted by Gasteiger charge is -2.08. The molecule has 1 N–H and O–H groups in total. The Kier molecular flexibility index (Phi) is 6.64. The van der Waals surface area contributed by atoms with Gasteiger partial charge in [0.05, 0.1) is 19.4 Å². The predicted octanol–water partition coefficient (Wildman–Crippen LogP) is 2.98. The van der Waals surface area contributed by atoms with E-state index in [-0.39, 0.29) is 5.91 Å². The van der Waals surface area contributed by atoms with Crippen LogP contribution in [0.3, 0.4) is 0 Å². The summed E-state index contributed by atoms with van der Waals surface area (Å²) in [5.74, 6) is 1.89. The highest BCUT2D eigenvalue weighted by molar-refractivity contribution is 8.00. The summed E-state index contributed by atoms with van der Waals surface area (Å²) in [7, 11) is 1.61. The Hall–Kier alpha value is -2.14. The van der Waals surface area contributed by atoms with Crippen molar-refractivity contribution < 1.29 is 14.3 Å². The van der Waals surface area contributed by atoms with Crippen molar-refractivity contribution >= 4 is 17.7 Å². The quantitative estimate of drug-likeness (QED) is 0.601. The summed E-state index contributed by atoms with van der Waals surface area (Å²) in [5, 5.41) is 2.84. The smallest absolute Gasteiger partial charge is 0.230 e. The van der Waals surface area contributed by atoms with E-state index in [1.54, 1.807) is 7.11 Å². The Morgan fingerprint density at radius 2 is 1.86 bits per heavy atom. The molecular formula is C17H19NO3S. The maximum absolute atomic E-state index is 11.7. The van der Waals surface area contributed by atoms with Crippen molar-refractivity contribution in [1.29, 1.82) is 0 Å². The van der Waals surface area contributed by atoms with Gasteiger partial charge in [0.2, 0.25) is 5.91 Å². The minimum atomic E-state index is 0.00287. The molecule has 0 heterocycles. The molecule has 116 valence electrons. The standard InChI is InChI=1S/C17H19NO3S/c1-20-14-6-5-7-15(12-14)21-11-10-18-17(19)13-22-16-8-3-2-4-9-16/h2-9,12H,10-11,13H2,1H3,(H,18,19). The zero-order valence-corrected chi connectivity index (χ0v) is 13.3. The molecule has 4 nitrogen and oxygen atoms in total. The molecule has 0 aromatic heterocycles. The average molecular weight is 317 g/mol. The molecule has 0 saturated carbocycles. The van der Waals surface area contributed by atoms with Crippen LogP contribution in [0.1, 0.15) is 0 Å². The summed E-state index contributed by atoms with van der Waals surface area (Å²) in [6.07, 6.45) is 0. The number of nitrogens with one attached hydrogen (secondary N) is 1. The molecule has 22 heavy (non-hydrogen) atoms. The maximum Gasteiger partial charge on any atom is 0.230 e. The lowest BCUT2D eigenvalue weighted by Crippen LogP contribution is -2.29. The molecule has 5 heteroatoms. The fourth-order valence-corrected chi connectivity index (χ4v) is 2.52. The van der Waals surface area contributed by atoms with Gasteiger partial charge in [0.25, 0.3) is 0 Å². The second-order valence-corrected chi connectivity index (χ2v) is 5.53. The summed E-state index contributed by atoms with van der Waals surface area (Å²) >= 11 is 1.52. The fraction of sp³-hybridized carbons (Fsp3) is 0.235. The van der Waals surface area contributed by atoms with Gasteiger partial charge in [-0.15, -0.1) is 11.8 Å². The molecule has 0 atom stereocenters. The van der Waals surface area contributed by atoms with E-state index in [9.17, 15) is 4.79 Å². The van der Waals surface area contributed by atoms with Crippen molar-refractivity contribution in [3.05, 3.63) is 54.6 Å². The largest absolute Gasteiger partial charge is 0.497 e. The summed E-state index contributed by atoms with van der Waals surface area (Å²) in [4.78, 5) is 12.8. The van der Waals surface area contributed by atoms with Gasteiger partial charge < -0.3 is 14.8 Å². The molecule has 0 spiro atoms. The second-order valence-electron chi connectivity index (χ2n) is 4.48. The first kappa shape index (κ1) is 16.2. The lowest BCUT2D eigenvalue weighted by atomic mass is 10.3. The van der Waals surface area contributed by atoms with Crippen LogP contribution in [-0.2, 0) is 4.79 Å². The van der Waals surface area contributed by atoms with Gasteiger partial charge in [0.15, 0.2) is 0 Å². The van der Waals surface area contributed by atoms with Gasteiger partial charge in [-0.2, -0.15) is 0 Å². The third-order valence-corrected chi connectivity index (χ3v) is 3.86. The van der Waals surface area contributed by atoms with E-state index in [1.807, 2.05) is 54.6 Å². The van der Waals surface area contributed by atoms with Crippen LogP contribution in [0.4, 0.5) is 0 Å². The number of rotatable bonds is 8. The molecule has 0 bridgehead atoms. The Labute approximate surface area is 134 Å². The van der Waals surface area contributed by atoms with Crippen molar-refractivity contribution in [3.8, 4) is 11.5 Å². The number of ether oxygens (including phenoxy) is 2. The van der Waals surface area contributed by atoms with Crippen LogP contribution in [0.5, 0.6) is 11.5 Å². The zero-order chi connectivity index (χ0) is 15.6. The van der Waals surface area contributed by atoms with Crippen LogP contribution in [-0.4, -0.2) is 31.9 Å². The summed E-state index contributed by atoms with van der Waals surface area (Å²) in [5.41, 5.74) is 0. The van der Waals surface area contributed by atoms with E-state index in [2.05, 4.69) is 5.32 Å². The highest BCUT2D eigenvalue weighted by Gasteiger charge is 2.02. The molecular weight excluding hydrogens is 298 g/mol. The van der Waals surface area contributed by atoms with Gasteiger partial charge in [-0.3, -0.25) is 4.79 Å². The van der Waals surface area contributed by atoms with Crippen molar-refractivity contribution in [2.24, 2.45) is 0 Å². The summed E-state index contributed by atoms with van der Waals surface area (Å²) in [6, 6.07) is 17.2. The van der Waals surface area contributed by atoms with Crippen LogP contribution >= 0.6 is 11.8 Å². The number of methoxy groups -OCH3 is 1. The highest BCUT2D eigenvalue weighted by Crippen LogP contribution is 2.18. The van der Waals surface area contributed by atoms with E-state index in [4.69, 9.17) is 9.47 Å². The number of hydrogen-bond donors (Lipinski definition) is 1. The number of thioether (sulfide) groups is 1. The molecule has 0 unspecified atom stereocenters. The van der Waals surface area contributed by atoms with Gasteiger partial charge in [-0.1, -0.05) is 24.3 Å². The number of amides is 1. The average Bonchev–Trinajstić information content (AvgIpc) is 2.58. The molecule has 0 aliphatic heterocycles. The minimum Gasteiger partial charge on any atom is -0.497 e. The minimum absolute atomic E-state index is 0.00287. The fourth-order valence-electron chi connectivity index (χ4n) is 1.77. The van der Waals surface area contributed by atoms with E-state index in [1.165, 1.54) is 11.8 Å². The molecule has 0 aliphatic rings. The first-order valence-corrected chi connectivity index (χ1v) is 7.98. The number of carbonyl (C=O) groups is 1. The molecule has 0 saturated heterocycles. The van der Waals surface area contributed by atoms with E-state index >= 15 is 0 Å². The monoisotopic (exact) mass is 317 g/mol. The lowest BCUT2D eigenvalue weighted by molar-refractivity contribution is -0.118. The van der Waals surface area contributed by atoms with E-state index < -0.39 is 0 Å². The van der Waals surface area contributed by atoms with Gasteiger partial charge in [-0.05, 0) is 24.3 Å². The van der Waals surface area contributed by atoms with Crippen LogP contribution in [0, 0.1) is 0 Å². The van der Waals surface area contributed by atoms with Crippen LogP contribution in [0.15, 0.2) is 59.5 Å².